The monoisotopic (exact) mass is 348 g/mol. The van der Waals surface area contributed by atoms with E-state index in [-0.39, 0.29) is 18.1 Å². The van der Waals surface area contributed by atoms with Crippen LogP contribution < -0.4 is 4.90 Å². The van der Waals surface area contributed by atoms with Crippen LogP contribution in [0, 0.1) is 24.4 Å². The Balaban J connectivity index is 1.78. The van der Waals surface area contributed by atoms with Gasteiger partial charge in [0, 0.05) is 31.3 Å². The molecule has 25 heavy (non-hydrogen) atoms. The average Bonchev–Trinajstić information content (AvgIpc) is 2.57. The van der Waals surface area contributed by atoms with Gasteiger partial charge in [0.25, 0.3) is 0 Å². The van der Waals surface area contributed by atoms with Crippen molar-refractivity contribution in [1.29, 1.82) is 0 Å². The zero-order chi connectivity index (χ0) is 18.1. The van der Waals surface area contributed by atoms with Crippen molar-refractivity contribution in [3.8, 4) is 0 Å². The molecule has 1 aliphatic heterocycles. The van der Waals surface area contributed by atoms with E-state index >= 15 is 0 Å². The molecule has 0 saturated carbocycles. The van der Waals surface area contributed by atoms with Crippen molar-refractivity contribution in [2.24, 2.45) is 0 Å². The Morgan fingerprint density at radius 2 is 1.80 bits per heavy atom. The highest BCUT2D eigenvalue weighted by Crippen LogP contribution is 2.26. The predicted octanol–water partition coefficient (Wildman–Crippen LogP) is 3.65. The molecule has 1 atom stereocenters. The lowest BCUT2D eigenvalue weighted by Gasteiger charge is -2.39. The van der Waals surface area contributed by atoms with Gasteiger partial charge in [0.2, 0.25) is 5.91 Å². The molecule has 0 aromatic heterocycles. The first kappa shape index (κ1) is 17.5. The summed E-state index contributed by atoms with van der Waals surface area (Å²) in [5.74, 6) is -1.95. The molecule has 0 bridgehead atoms. The van der Waals surface area contributed by atoms with Gasteiger partial charge in [-0.05, 0) is 37.6 Å². The van der Waals surface area contributed by atoms with Gasteiger partial charge >= 0.3 is 0 Å². The van der Waals surface area contributed by atoms with Crippen molar-refractivity contribution >= 4 is 11.6 Å². The highest BCUT2D eigenvalue weighted by atomic mass is 19.1. The summed E-state index contributed by atoms with van der Waals surface area (Å²) in [6.45, 7) is 4.53. The number of benzene rings is 2. The summed E-state index contributed by atoms with van der Waals surface area (Å²) in [4.78, 5) is 15.9. The van der Waals surface area contributed by atoms with E-state index < -0.39 is 23.5 Å². The third-order valence-electron chi connectivity index (χ3n) is 4.56. The van der Waals surface area contributed by atoms with Crippen LogP contribution in [0.3, 0.4) is 0 Å². The first-order valence-electron chi connectivity index (χ1n) is 8.12. The molecule has 1 saturated heterocycles. The van der Waals surface area contributed by atoms with Crippen LogP contribution in [0.15, 0.2) is 36.4 Å². The van der Waals surface area contributed by atoms with Crippen LogP contribution in [0.4, 0.5) is 18.9 Å². The number of hydrogen-bond acceptors (Lipinski definition) is 2. The summed E-state index contributed by atoms with van der Waals surface area (Å²) < 4.78 is 41.0. The summed E-state index contributed by atoms with van der Waals surface area (Å²) >= 11 is 0. The van der Waals surface area contributed by atoms with Crippen LogP contribution in [0.25, 0.3) is 0 Å². The zero-order valence-corrected chi connectivity index (χ0v) is 14.1. The minimum atomic E-state index is -0.634. The van der Waals surface area contributed by atoms with E-state index in [4.69, 9.17) is 0 Å². The van der Waals surface area contributed by atoms with Gasteiger partial charge in [-0.25, -0.2) is 13.2 Å². The highest BCUT2D eigenvalue weighted by molar-refractivity contribution is 5.97. The largest absolute Gasteiger partial charge is 0.307 e. The third-order valence-corrected chi connectivity index (χ3v) is 4.56. The molecule has 132 valence electrons. The molecule has 0 unspecified atom stereocenters. The van der Waals surface area contributed by atoms with Gasteiger partial charge in [-0.2, -0.15) is 0 Å². The average molecular weight is 348 g/mol. The maximum atomic E-state index is 14.1. The fourth-order valence-corrected chi connectivity index (χ4v) is 3.07. The number of aryl methyl sites for hydroxylation is 1. The van der Waals surface area contributed by atoms with Crippen molar-refractivity contribution in [3.63, 3.8) is 0 Å². The van der Waals surface area contributed by atoms with Crippen LogP contribution in [0.2, 0.25) is 0 Å². The van der Waals surface area contributed by atoms with E-state index in [1.54, 1.807) is 19.1 Å². The molecule has 1 heterocycles. The molecule has 3 nitrogen and oxygen atoms in total. The SMILES string of the molecule is Cc1ccc(F)c(N2CCN(Cc3ccc(F)cc3F)[C@H](C)C2=O)c1. The first-order valence-corrected chi connectivity index (χ1v) is 8.12. The Labute approximate surface area is 144 Å². The van der Waals surface area contributed by atoms with Gasteiger partial charge < -0.3 is 4.90 Å². The molecule has 2 aromatic carbocycles. The van der Waals surface area contributed by atoms with E-state index in [0.717, 1.165) is 11.6 Å². The predicted molar refractivity (Wildman–Crippen MR) is 89.7 cm³/mol. The molecule has 1 fully saturated rings. The number of carbonyl (C=O) groups excluding carboxylic acids is 1. The zero-order valence-electron chi connectivity index (χ0n) is 14.1. The number of carbonyl (C=O) groups is 1. The number of hydrogen-bond donors (Lipinski definition) is 0. The van der Waals surface area contributed by atoms with Gasteiger partial charge in [-0.3, -0.25) is 9.69 Å². The molecule has 6 heteroatoms. The van der Waals surface area contributed by atoms with E-state index in [2.05, 4.69) is 0 Å². The molecule has 1 amide bonds. The molecule has 2 aromatic rings. The fraction of sp³-hybridized carbons (Fsp3) is 0.316. The van der Waals surface area contributed by atoms with Gasteiger partial charge in [-0.15, -0.1) is 0 Å². The number of amides is 1. The summed E-state index contributed by atoms with van der Waals surface area (Å²) in [7, 11) is 0. The summed E-state index contributed by atoms with van der Waals surface area (Å²) in [5, 5.41) is 0. The van der Waals surface area contributed by atoms with Crippen LogP contribution in [-0.4, -0.2) is 29.9 Å². The molecule has 0 aliphatic carbocycles. The first-order chi connectivity index (χ1) is 11.9. The minimum Gasteiger partial charge on any atom is -0.307 e. The molecule has 0 radical (unpaired) electrons. The van der Waals surface area contributed by atoms with Gasteiger partial charge in [0.1, 0.15) is 17.5 Å². The standard InChI is InChI=1S/C19H19F3N2O/c1-12-3-6-16(21)18(9-12)24-8-7-23(13(2)19(24)25)11-14-4-5-15(20)10-17(14)22/h3-6,9-10,13H,7-8,11H2,1-2H3/t13-/m1/s1. The Morgan fingerprint density at radius 1 is 1.04 bits per heavy atom. The Morgan fingerprint density at radius 3 is 2.52 bits per heavy atom. The molecule has 3 rings (SSSR count). The second-order valence-electron chi connectivity index (χ2n) is 6.33. The fourth-order valence-electron chi connectivity index (χ4n) is 3.07. The van der Waals surface area contributed by atoms with Crippen LogP contribution in [-0.2, 0) is 11.3 Å². The second kappa shape index (κ2) is 6.88. The third kappa shape index (κ3) is 3.54. The maximum absolute atomic E-state index is 14.1. The van der Waals surface area contributed by atoms with Crippen molar-refractivity contribution in [1.82, 2.24) is 4.90 Å². The van der Waals surface area contributed by atoms with Gasteiger partial charge in [-0.1, -0.05) is 12.1 Å². The lowest BCUT2D eigenvalue weighted by atomic mass is 10.1. The van der Waals surface area contributed by atoms with Crippen LogP contribution >= 0.6 is 0 Å². The Bertz CT molecular complexity index is 809. The lowest BCUT2D eigenvalue weighted by molar-refractivity contribution is -0.125. The number of halogens is 3. The number of nitrogens with zero attached hydrogens (tertiary/aromatic N) is 2. The smallest absolute Gasteiger partial charge is 0.244 e. The summed E-state index contributed by atoms with van der Waals surface area (Å²) in [5.41, 5.74) is 1.47. The van der Waals surface area contributed by atoms with Crippen molar-refractivity contribution in [3.05, 3.63) is 65.0 Å². The van der Waals surface area contributed by atoms with Gasteiger partial charge in [0.05, 0.1) is 11.7 Å². The van der Waals surface area contributed by atoms with Crippen LogP contribution in [0.5, 0.6) is 0 Å². The molecule has 0 N–H and O–H groups in total. The maximum Gasteiger partial charge on any atom is 0.244 e. The number of rotatable bonds is 3. The molecular weight excluding hydrogens is 329 g/mol. The quantitative estimate of drug-likeness (QED) is 0.845. The molecular formula is C19H19F3N2O. The Kier molecular flexibility index (Phi) is 4.81. The topological polar surface area (TPSA) is 23.6 Å². The lowest BCUT2D eigenvalue weighted by Crippen LogP contribution is -2.55. The van der Waals surface area contributed by atoms with E-state index in [9.17, 15) is 18.0 Å². The molecule has 0 spiro atoms. The summed E-state index contributed by atoms with van der Waals surface area (Å²) in [6.07, 6.45) is 0. The second-order valence-corrected chi connectivity index (χ2v) is 6.33. The van der Waals surface area contributed by atoms with Crippen molar-refractivity contribution < 1.29 is 18.0 Å². The van der Waals surface area contributed by atoms with E-state index in [1.165, 1.54) is 23.1 Å². The van der Waals surface area contributed by atoms with E-state index in [0.29, 0.717) is 18.7 Å². The number of piperazine rings is 1. The summed E-state index contributed by atoms with van der Waals surface area (Å²) in [6, 6.07) is 7.54. The minimum absolute atomic E-state index is 0.198. The van der Waals surface area contributed by atoms with Crippen molar-refractivity contribution in [2.75, 3.05) is 18.0 Å². The highest BCUT2D eigenvalue weighted by Gasteiger charge is 2.33. The van der Waals surface area contributed by atoms with Crippen molar-refractivity contribution in [2.45, 2.75) is 26.4 Å². The normalized spacial score (nSPS) is 18.7. The van der Waals surface area contributed by atoms with Crippen LogP contribution in [0.1, 0.15) is 18.1 Å². The van der Waals surface area contributed by atoms with E-state index in [1.807, 2.05) is 11.8 Å². The van der Waals surface area contributed by atoms with Gasteiger partial charge in [0.15, 0.2) is 0 Å². The Hall–Kier alpha value is -2.34. The molecule has 1 aliphatic rings. The number of anilines is 1.